The third-order valence-corrected chi connectivity index (χ3v) is 4.65. The Bertz CT molecular complexity index is 951. The van der Waals surface area contributed by atoms with Crippen LogP contribution in [0.15, 0.2) is 53.2 Å². The van der Waals surface area contributed by atoms with E-state index >= 15 is 0 Å². The maximum absolute atomic E-state index is 12.1. The van der Waals surface area contributed by atoms with Gasteiger partial charge >= 0.3 is 11.9 Å². The average molecular weight is 496 g/mol. The number of hydrogen-bond acceptors (Lipinski definition) is 5. The maximum atomic E-state index is 12.1. The number of hydrogen-bond donors (Lipinski definition) is 0. The van der Waals surface area contributed by atoms with Gasteiger partial charge in [-0.3, -0.25) is 4.79 Å². The molecule has 2 aromatic carbocycles. The molecule has 0 saturated heterocycles. The van der Waals surface area contributed by atoms with Crippen LogP contribution >= 0.6 is 34.2 Å². The molecule has 1 heterocycles. The van der Waals surface area contributed by atoms with Crippen molar-refractivity contribution < 1.29 is 19.1 Å². The topological polar surface area (TPSA) is 65.0 Å². The van der Waals surface area contributed by atoms with Crippen molar-refractivity contribution in [3.63, 3.8) is 0 Å². The highest BCUT2D eigenvalue weighted by Crippen LogP contribution is 2.25. The first-order valence-corrected chi connectivity index (χ1v) is 9.70. The second-order valence-electron chi connectivity index (χ2n) is 5.75. The van der Waals surface area contributed by atoms with Gasteiger partial charge in [0.05, 0.1) is 10.6 Å². The van der Waals surface area contributed by atoms with Crippen molar-refractivity contribution in [2.24, 2.45) is 4.99 Å². The molecule has 0 unspecified atom stereocenters. The lowest BCUT2D eigenvalue weighted by molar-refractivity contribution is -0.134. The molecule has 0 aliphatic carbocycles. The number of carbonyl (C=O) groups excluding carboxylic acids is 2. The lowest BCUT2D eigenvalue weighted by atomic mass is 10.2. The molecule has 7 heteroatoms. The Kier molecular flexibility index (Phi) is 6.28. The average Bonchev–Trinajstić information content (AvgIpc) is 2.99. The Morgan fingerprint density at radius 3 is 2.70 bits per heavy atom. The van der Waals surface area contributed by atoms with Crippen molar-refractivity contribution in [2.75, 3.05) is 0 Å². The molecule has 0 spiro atoms. The summed E-state index contributed by atoms with van der Waals surface area (Å²) < 4.78 is 11.4. The van der Waals surface area contributed by atoms with Crippen LogP contribution in [-0.4, -0.2) is 17.8 Å². The van der Waals surface area contributed by atoms with Gasteiger partial charge < -0.3 is 9.47 Å². The fourth-order valence-corrected chi connectivity index (χ4v) is 3.05. The molecule has 5 nitrogen and oxygen atoms in total. The van der Waals surface area contributed by atoms with Crippen LogP contribution in [0.3, 0.4) is 0 Å². The highest BCUT2D eigenvalue weighted by molar-refractivity contribution is 14.1. The van der Waals surface area contributed by atoms with E-state index in [2.05, 4.69) is 27.6 Å². The minimum atomic E-state index is -0.543. The summed E-state index contributed by atoms with van der Waals surface area (Å²) in [6.45, 7) is 1.91. The summed E-state index contributed by atoms with van der Waals surface area (Å²) in [5.74, 6) is -0.177. The summed E-state index contributed by atoms with van der Waals surface area (Å²) in [6.07, 6.45) is 2.71. The zero-order chi connectivity index (χ0) is 19.4. The Balaban J connectivity index is 1.80. The van der Waals surface area contributed by atoms with Gasteiger partial charge in [-0.2, -0.15) is 0 Å². The van der Waals surface area contributed by atoms with Gasteiger partial charge in [0.1, 0.15) is 5.75 Å². The quantitative estimate of drug-likeness (QED) is 0.254. The lowest BCUT2D eigenvalue weighted by Gasteiger charge is -2.03. The molecular formula is C20H15ClINO4. The van der Waals surface area contributed by atoms with E-state index in [0.29, 0.717) is 22.8 Å². The van der Waals surface area contributed by atoms with Crippen molar-refractivity contribution in [2.45, 2.75) is 19.8 Å². The second-order valence-corrected chi connectivity index (χ2v) is 7.41. The van der Waals surface area contributed by atoms with Crippen LogP contribution in [0.5, 0.6) is 5.75 Å². The molecule has 27 heavy (non-hydrogen) atoms. The number of aliphatic imine (C=N–C) groups is 1. The third kappa shape index (κ3) is 4.95. The van der Waals surface area contributed by atoms with Crippen LogP contribution in [-0.2, 0) is 14.3 Å². The summed E-state index contributed by atoms with van der Waals surface area (Å²) in [6, 6.07) is 12.2. The van der Waals surface area contributed by atoms with Crippen molar-refractivity contribution in [3.8, 4) is 5.75 Å². The Morgan fingerprint density at radius 2 is 2.00 bits per heavy atom. The first kappa shape index (κ1) is 19.6. The minimum absolute atomic E-state index is 0.177. The van der Waals surface area contributed by atoms with E-state index in [0.717, 1.165) is 15.6 Å². The largest absolute Gasteiger partial charge is 0.427 e. The third-order valence-electron chi connectivity index (χ3n) is 3.65. The van der Waals surface area contributed by atoms with E-state index in [-0.39, 0.29) is 17.6 Å². The molecule has 2 aromatic rings. The van der Waals surface area contributed by atoms with Crippen molar-refractivity contribution in [3.05, 3.63) is 67.9 Å². The summed E-state index contributed by atoms with van der Waals surface area (Å²) in [7, 11) is 0. The molecule has 0 bridgehead atoms. The van der Waals surface area contributed by atoms with E-state index < -0.39 is 5.97 Å². The molecule has 0 radical (unpaired) electrons. The zero-order valence-corrected chi connectivity index (χ0v) is 17.3. The standard InChI is InChI=1S/C20H15ClINO4/c1-2-3-18(24)26-14-7-4-12(5-8-14)10-17-20(25)27-19(23-17)15-11-13(22)6-9-16(15)21/h4-11H,2-3H2,1H3/b17-10-. The Morgan fingerprint density at radius 1 is 1.26 bits per heavy atom. The van der Waals surface area contributed by atoms with Gasteiger partial charge in [-0.15, -0.1) is 0 Å². The van der Waals surface area contributed by atoms with Gasteiger partial charge in [-0.05, 0) is 71.0 Å². The Hall–Kier alpha value is -2.19. The number of halogens is 2. The Labute approximate surface area is 175 Å². The molecule has 0 amide bonds. The van der Waals surface area contributed by atoms with Gasteiger partial charge in [-0.1, -0.05) is 30.7 Å². The zero-order valence-electron chi connectivity index (χ0n) is 14.4. The van der Waals surface area contributed by atoms with Crippen LogP contribution in [0.1, 0.15) is 30.9 Å². The smallest absolute Gasteiger partial charge is 0.363 e. The monoisotopic (exact) mass is 495 g/mol. The predicted octanol–water partition coefficient (Wildman–Crippen LogP) is 4.99. The van der Waals surface area contributed by atoms with Gasteiger partial charge in [0, 0.05) is 9.99 Å². The molecule has 1 aliphatic rings. The second kappa shape index (κ2) is 8.67. The molecule has 0 fully saturated rings. The van der Waals surface area contributed by atoms with Gasteiger partial charge in [0.15, 0.2) is 5.70 Å². The first-order chi connectivity index (χ1) is 13.0. The number of cyclic esters (lactones) is 1. The normalized spacial score (nSPS) is 14.9. The van der Waals surface area contributed by atoms with Crippen LogP contribution in [0, 0.1) is 3.57 Å². The van der Waals surface area contributed by atoms with E-state index in [9.17, 15) is 9.59 Å². The lowest BCUT2D eigenvalue weighted by Crippen LogP contribution is -2.06. The SMILES string of the molecule is CCCC(=O)Oc1ccc(/C=C2\N=C(c3cc(I)ccc3Cl)OC2=O)cc1. The number of esters is 2. The molecule has 3 rings (SSSR count). The molecule has 0 aromatic heterocycles. The van der Waals surface area contributed by atoms with Gasteiger partial charge in [0.2, 0.25) is 5.90 Å². The van der Waals surface area contributed by atoms with Crippen molar-refractivity contribution >= 4 is 58.1 Å². The van der Waals surface area contributed by atoms with Crippen molar-refractivity contribution in [1.29, 1.82) is 0 Å². The molecule has 0 saturated carbocycles. The summed E-state index contributed by atoms with van der Waals surface area (Å²) in [5, 5.41) is 0.460. The highest BCUT2D eigenvalue weighted by Gasteiger charge is 2.25. The molecule has 1 aliphatic heterocycles. The number of nitrogens with zero attached hydrogens (tertiary/aromatic N) is 1. The summed E-state index contributed by atoms with van der Waals surface area (Å²) in [5.41, 5.74) is 1.48. The molecular weight excluding hydrogens is 481 g/mol. The molecule has 0 atom stereocenters. The molecule has 0 N–H and O–H groups in total. The van der Waals surface area contributed by atoms with Crippen LogP contribution in [0.4, 0.5) is 0 Å². The summed E-state index contributed by atoms with van der Waals surface area (Å²) in [4.78, 5) is 27.9. The van der Waals surface area contributed by atoms with Crippen molar-refractivity contribution in [1.82, 2.24) is 0 Å². The number of rotatable bonds is 5. The fourth-order valence-electron chi connectivity index (χ4n) is 2.36. The van der Waals surface area contributed by atoms with E-state index in [1.807, 2.05) is 13.0 Å². The van der Waals surface area contributed by atoms with E-state index in [1.54, 1.807) is 42.5 Å². The minimum Gasteiger partial charge on any atom is -0.427 e. The van der Waals surface area contributed by atoms with Gasteiger partial charge in [-0.25, -0.2) is 9.79 Å². The maximum Gasteiger partial charge on any atom is 0.363 e. The van der Waals surface area contributed by atoms with Crippen LogP contribution < -0.4 is 4.74 Å². The molecule has 138 valence electrons. The fraction of sp³-hybridized carbons (Fsp3) is 0.150. The first-order valence-electron chi connectivity index (χ1n) is 8.25. The summed E-state index contributed by atoms with van der Waals surface area (Å²) >= 11 is 8.33. The predicted molar refractivity (Wildman–Crippen MR) is 112 cm³/mol. The number of ether oxygens (including phenoxy) is 2. The highest BCUT2D eigenvalue weighted by atomic mass is 127. The number of benzene rings is 2. The van der Waals surface area contributed by atoms with E-state index in [4.69, 9.17) is 21.1 Å². The number of carbonyl (C=O) groups is 2. The van der Waals surface area contributed by atoms with E-state index in [1.165, 1.54) is 0 Å². The van der Waals surface area contributed by atoms with Crippen LogP contribution in [0.2, 0.25) is 5.02 Å². The van der Waals surface area contributed by atoms with Crippen LogP contribution in [0.25, 0.3) is 6.08 Å². The van der Waals surface area contributed by atoms with Gasteiger partial charge in [0.25, 0.3) is 0 Å².